The molecular weight excluding hydrogens is 372 g/mol. The van der Waals surface area contributed by atoms with E-state index >= 15 is 0 Å². The number of rotatable bonds is 10. The van der Waals surface area contributed by atoms with Crippen LogP contribution in [0.3, 0.4) is 0 Å². The highest BCUT2D eigenvalue weighted by molar-refractivity contribution is 5.71. The Morgan fingerprint density at radius 2 is 1.70 bits per heavy atom. The van der Waals surface area contributed by atoms with E-state index in [9.17, 15) is 9.90 Å². The highest BCUT2D eigenvalue weighted by atomic mass is 16.5. The molecule has 0 saturated heterocycles. The first kappa shape index (κ1) is 24.0. The van der Waals surface area contributed by atoms with Crippen molar-refractivity contribution in [3.05, 3.63) is 58.2 Å². The smallest absolute Gasteiger partial charge is 0.145 e. The molecule has 0 bridgehead atoms. The summed E-state index contributed by atoms with van der Waals surface area (Å²) < 4.78 is 6.39. The first-order valence-electron chi connectivity index (χ1n) is 11.2. The molecule has 2 rings (SSSR count). The maximum atomic E-state index is 10.6. The Morgan fingerprint density at radius 1 is 1.07 bits per heavy atom. The zero-order valence-electron chi connectivity index (χ0n) is 19.4. The highest BCUT2D eigenvalue weighted by Gasteiger charge is 2.31. The fourth-order valence-corrected chi connectivity index (χ4v) is 3.98. The van der Waals surface area contributed by atoms with E-state index < -0.39 is 0 Å². The van der Waals surface area contributed by atoms with E-state index in [1.165, 1.54) is 11.1 Å². The lowest BCUT2D eigenvalue weighted by atomic mass is 9.87. The second kappa shape index (κ2) is 11.2. The van der Waals surface area contributed by atoms with Gasteiger partial charge in [-0.2, -0.15) is 0 Å². The highest BCUT2D eigenvalue weighted by Crippen LogP contribution is 2.39. The van der Waals surface area contributed by atoms with Crippen molar-refractivity contribution in [1.82, 2.24) is 0 Å². The minimum absolute atomic E-state index is 0.144. The summed E-state index contributed by atoms with van der Waals surface area (Å²) in [5.74, 6) is 1.29. The van der Waals surface area contributed by atoms with E-state index in [0.29, 0.717) is 5.75 Å². The Bertz CT molecular complexity index is 829. The molecule has 0 saturated carbocycles. The van der Waals surface area contributed by atoms with Gasteiger partial charge in [0.2, 0.25) is 0 Å². The number of hydrogen-bond acceptors (Lipinski definition) is 3. The molecule has 1 atom stereocenters. The van der Waals surface area contributed by atoms with Gasteiger partial charge < -0.3 is 9.84 Å². The van der Waals surface area contributed by atoms with Gasteiger partial charge in [-0.3, -0.25) is 4.79 Å². The van der Waals surface area contributed by atoms with Crippen molar-refractivity contribution in [2.75, 3.05) is 0 Å². The average Bonchev–Trinajstić information content (AvgIpc) is 2.68. The minimum Gasteiger partial charge on any atom is -0.508 e. The molecule has 0 fully saturated rings. The van der Waals surface area contributed by atoms with Crippen molar-refractivity contribution >= 4 is 6.29 Å². The third kappa shape index (κ3) is 7.51. The average molecular weight is 411 g/mol. The van der Waals surface area contributed by atoms with Crippen LogP contribution < -0.4 is 4.74 Å². The summed E-state index contributed by atoms with van der Waals surface area (Å²) in [6.45, 7) is 10.4. The quantitative estimate of drug-likeness (QED) is 0.253. The zero-order chi connectivity index (χ0) is 22.1. The van der Waals surface area contributed by atoms with Gasteiger partial charge in [0.1, 0.15) is 23.4 Å². The Morgan fingerprint density at radius 3 is 2.37 bits per heavy atom. The van der Waals surface area contributed by atoms with Crippen LogP contribution in [0.5, 0.6) is 11.5 Å². The lowest BCUT2D eigenvalue weighted by Gasteiger charge is -2.36. The molecule has 0 aromatic heterocycles. The molecule has 1 aliphatic heterocycles. The summed E-state index contributed by atoms with van der Waals surface area (Å²) in [5, 5.41) is 9.80. The molecule has 1 heterocycles. The lowest BCUT2D eigenvalue weighted by Crippen LogP contribution is -2.36. The number of aryl methyl sites for hydroxylation is 2. The van der Waals surface area contributed by atoms with Crippen molar-refractivity contribution in [2.45, 2.75) is 91.6 Å². The molecule has 3 heteroatoms. The monoisotopic (exact) mass is 410 g/mol. The van der Waals surface area contributed by atoms with E-state index in [1.54, 1.807) is 6.07 Å². The normalized spacial score (nSPS) is 20.0. The molecule has 1 aliphatic rings. The molecule has 0 spiro atoms. The van der Waals surface area contributed by atoms with E-state index in [4.69, 9.17) is 4.74 Å². The third-order valence-electron chi connectivity index (χ3n) is 6.00. The zero-order valence-corrected chi connectivity index (χ0v) is 19.4. The number of carbonyl (C=O) groups is 1. The molecule has 1 aromatic rings. The molecule has 30 heavy (non-hydrogen) atoms. The van der Waals surface area contributed by atoms with Gasteiger partial charge in [-0.15, -0.1) is 0 Å². The first-order valence-corrected chi connectivity index (χ1v) is 11.2. The van der Waals surface area contributed by atoms with Crippen LogP contribution in [-0.2, 0) is 11.2 Å². The number of ether oxygens (including phenoxy) is 1. The predicted molar refractivity (Wildman–Crippen MR) is 125 cm³/mol. The molecule has 1 aromatic carbocycles. The second-order valence-corrected chi connectivity index (χ2v) is 9.09. The molecule has 164 valence electrons. The maximum absolute atomic E-state index is 10.6. The van der Waals surface area contributed by atoms with Crippen molar-refractivity contribution in [3.63, 3.8) is 0 Å². The van der Waals surface area contributed by atoms with Gasteiger partial charge in [0.25, 0.3) is 0 Å². The predicted octanol–water partition coefficient (Wildman–Crippen LogP) is 7.16. The van der Waals surface area contributed by atoms with Gasteiger partial charge in [0.15, 0.2) is 0 Å². The summed E-state index contributed by atoms with van der Waals surface area (Å²) in [7, 11) is 0. The van der Waals surface area contributed by atoms with Crippen LogP contribution in [0.15, 0.2) is 47.1 Å². The number of hydrogen-bond donors (Lipinski definition) is 1. The summed E-state index contributed by atoms with van der Waals surface area (Å²) >= 11 is 0. The molecule has 0 amide bonds. The summed E-state index contributed by atoms with van der Waals surface area (Å²) in [6, 6.07) is 3.62. The fourth-order valence-electron chi connectivity index (χ4n) is 3.98. The van der Waals surface area contributed by atoms with Crippen LogP contribution in [0.4, 0.5) is 0 Å². The number of phenols is 1. The topological polar surface area (TPSA) is 46.5 Å². The van der Waals surface area contributed by atoms with E-state index in [1.807, 2.05) is 26.0 Å². The van der Waals surface area contributed by atoms with Crippen LogP contribution >= 0.6 is 0 Å². The SMILES string of the molecule is CC(C=O)=CCCC(C)=CCCC(C)=CCCC1(C)CCc2cc(O)cc(C)c2O1. The Labute approximate surface area is 182 Å². The maximum Gasteiger partial charge on any atom is 0.145 e. The van der Waals surface area contributed by atoms with Crippen molar-refractivity contribution in [3.8, 4) is 11.5 Å². The third-order valence-corrected chi connectivity index (χ3v) is 6.00. The Balaban J connectivity index is 1.78. The largest absolute Gasteiger partial charge is 0.508 e. The molecular formula is C27H38O3. The minimum atomic E-state index is -0.144. The van der Waals surface area contributed by atoms with Gasteiger partial charge in [0.05, 0.1) is 0 Å². The fraction of sp³-hybridized carbons (Fsp3) is 0.519. The van der Waals surface area contributed by atoms with Gasteiger partial charge in [-0.05, 0) is 115 Å². The Kier molecular flexibility index (Phi) is 8.95. The summed E-state index contributed by atoms with van der Waals surface area (Å²) in [4.78, 5) is 10.6. The summed E-state index contributed by atoms with van der Waals surface area (Å²) in [5.41, 5.74) is 5.62. The van der Waals surface area contributed by atoms with Gasteiger partial charge in [0, 0.05) is 0 Å². The van der Waals surface area contributed by atoms with E-state index in [0.717, 1.165) is 80.1 Å². The van der Waals surface area contributed by atoms with Crippen molar-refractivity contribution < 1.29 is 14.6 Å². The number of aldehydes is 1. The number of carbonyl (C=O) groups excluding carboxylic acids is 1. The van der Waals surface area contributed by atoms with Crippen LogP contribution in [-0.4, -0.2) is 17.0 Å². The second-order valence-electron chi connectivity index (χ2n) is 9.09. The number of fused-ring (bicyclic) bond motifs is 1. The summed E-state index contributed by atoms with van der Waals surface area (Å²) in [6.07, 6.45) is 15.6. The van der Waals surface area contributed by atoms with Crippen LogP contribution in [0, 0.1) is 6.92 Å². The van der Waals surface area contributed by atoms with Crippen LogP contribution in [0.1, 0.15) is 83.8 Å². The van der Waals surface area contributed by atoms with Crippen LogP contribution in [0.25, 0.3) is 0 Å². The lowest BCUT2D eigenvalue weighted by molar-refractivity contribution is -0.104. The van der Waals surface area contributed by atoms with E-state index in [-0.39, 0.29) is 5.60 Å². The number of aromatic hydroxyl groups is 1. The van der Waals surface area contributed by atoms with Crippen LogP contribution in [0.2, 0.25) is 0 Å². The number of benzene rings is 1. The van der Waals surface area contributed by atoms with Gasteiger partial charge in [-0.1, -0.05) is 29.4 Å². The van der Waals surface area contributed by atoms with Gasteiger partial charge in [-0.25, -0.2) is 0 Å². The molecule has 3 nitrogen and oxygen atoms in total. The number of allylic oxidation sites excluding steroid dienone is 6. The van der Waals surface area contributed by atoms with Crippen molar-refractivity contribution in [1.29, 1.82) is 0 Å². The standard InChI is InChI=1S/C27H38O3/c1-20(11-7-12-22(3)19-28)9-6-10-21(2)13-8-15-27(5)16-14-24-18-25(29)17-23(4)26(24)30-27/h9,12-13,17-19,29H,6-8,10-11,14-16H2,1-5H3. The first-order chi connectivity index (χ1) is 14.2. The van der Waals surface area contributed by atoms with Crippen molar-refractivity contribution in [2.24, 2.45) is 0 Å². The van der Waals surface area contributed by atoms with E-state index in [2.05, 4.69) is 32.9 Å². The molecule has 1 N–H and O–H groups in total. The number of phenolic OH excluding ortho intramolecular Hbond substituents is 1. The molecule has 0 aliphatic carbocycles. The molecule has 1 unspecified atom stereocenters. The van der Waals surface area contributed by atoms with Gasteiger partial charge >= 0.3 is 0 Å². The molecule has 0 radical (unpaired) electrons. The Hall–Kier alpha value is -2.29.